The van der Waals surface area contributed by atoms with E-state index in [0.29, 0.717) is 0 Å². The lowest BCUT2D eigenvalue weighted by atomic mass is 9.98. The fourth-order valence-corrected chi connectivity index (χ4v) is 6.88. The Bertz CT molecular complexity index is 2080. The maximum atomic E-state index is 4.99. The van der Waals surface area contributed by atoms with Crippen molar-refractivity contribution >= 4 is 53.4 Å². The molecule has 0 aliphatic carbocycles. The van der Waals surface area contributed by atoms with E-state index in [-0.39, 0.29) is 0 Å². The number of hydrogen-bond donors (Lipinski definition) is 0. The summed E-state index contributed by atoms with van der Waals surface area (Å²) in [7, 11) is 0. The summed E-state index contributed by atoms with van der Waals surface area (Å²) in [5.74, 6) is 0. The first-order valence-corrected chi connectivity index (χ1v) is 13.6. The van der Waals surface area contributed by atoms with Crippen LogP contribution < -0.4 is 0 Å². The molecule has 0 unspecified atom stereocenters. The van der Waals surface area contributed by atoms with Crippen LogP contribution in [-0.2, 0) is 0 Å². The Kier molecular flexibility index (Phi) is 4.73. The summed E-state index contributed by atoms with van der Waals surface area (Å²) in [6.45, 7) is 0. The molecule has 0 aliphatic heterocycles. The molecule has 0 saturated heterocycles. The second kappa shape index (κ2) is 8.41. The molecule has 3 heteroatoms. The Labute approximate surface area is 224 Å². The monoisotopic (exact) mass is 502 g/mol. The molecular formula is C35H22N2S. The Balaban J connectivity index is 1.33. The van der Waals surface area contributed by atoms with E-state index in [9.17, 15) is 0 Å². The van der Waals surface area contributed by atoms with Crippen LogP contribution in [0.4, 0.5) is 0 Å². The zero-order chi connectivity index (χ0) is 25.1. The molecule has 0 spiro atoms. The zero-order valence-electron chi connectivity index (χ0n) is 20.5. The molecule has 8 aromatic rings. The number of benzene rings is 5. The van der Waals surface area contributed by atoms with Crippen LogP contribution in [0.2, 0.25) is 0 Å². The lowest BCUT2D eigenvalue weighted by molar-refractivity contribution is 1.16. The number of thiophene rings is 1. The van der Waals surface area contributed by atoms with E-state index in [2.05, 4.69) is 132 Å². The van der Waals surface area contributed by atoms with Crippen molar-refractivity contribution in [3.8, 4) is 27.9 Å². The lowest BCUT2D eigenvalue weighted by Gasteiger charge is -2.08. The number of rotatable bonds is 3. The van der Waals surface area contributed by atoms with Gasteiger partial charge >= 0.3 is 0 Å². The lowest BCUT2D eigenvalue weighted by Crippen LogP contribution is -1.94. The molecule has 3 heterocycles. The van der Waals surface area contributed by atoms with Crippen LogP contribution in [0.5, 0.6) is 0 Å². The van der Waals surface area contributed by atoms with Gasteiger partial charge in [-0.05, 0) is 46.5 Å². The largest absolute Gasteiger partial charge is 0.308 e. The third kappa shape index (κ3) is 3.22. The number of hydrogen-bond acceptors (Lipinski definition) is 2. The number of aromatic nitrogens is 2. The first-order chi connectivity index (χ1) is 18.8. The molecule has 0 atom stereocenters. The van der Waals surface area contributed by atoms with E-state index in [4.69, 9.17) is 4.98 Å². The second-order valence-electron chi connectivity index (χ2n) is 9.65. The minimum Gasteiger partial charge on any atom is -0.308 e. The van der Waals surface area contributed by atoms with Crippen molar-refractivity contribution in [3.63, 3.8) is 0 Å². The summed E-state index contributed by atoms with van der Waals surface area (Å²) in [5, 5.41) is 4.98. The molecule has 8 rings (SSSR count). The molecule has 0 N–H and O–H groups in total. The molecule has 0 aliphatic rings. The highest BCUT2D eigenvalue weighted by Gasteiger charge is 2.15. The highest BCUT2D eigenvalue weighted by atomic mass is 32.1. The van der Waals surface area contributed by atoms with Crippen molar-refractivity contribution in [2.75, 3.05) is 0 Å². The molecule has 178 valence electrons. The number of pyridine rings is 1. The van der Waals surface area contributed by atoms with Crippen LogP contribution in [0.15, 0.2) is 134 Å². The first kappa shape index (κ1) is 21.4. The van der Waals surface area contributed by atoms with Gasteiger partial charge < -0.3 is 4.57 Å². The Hall–Kier alpha value is -4.73. The van der Waals surface area contributed by atoms with Crippen molar-refractivity contribution < 1.29 is 0 Å². The van der Waals surface area contributed by atoms with Crippen LogP contribution in [0.25, 0.3) is 70.0 Å². The maximum Gasteiger partial charge on any atom is 0.124 e. The van der Waals surface area contributed by atoms with E-state index in [1.54, 1.807) is 11.3 Å². The number of fused-ring (bicyclic) bond motifs is 6. The van der Waals surface area contributed by atoms with E-state index >= 15 is 0 Å². The molecule has 5 aromatic carbocycles. The van der Waals surface area contributed by atoms with Gasteiger partial charge in [-0.15, -0.1) is 11.3 Å². The first-order valence-electron chi connectivity index (χ1n) is 12.8. The maximum absolute atomic E-state index is 4.99. The number of para-hydroxylation sites is 2. The molecule has 38 heavy (non-hydrogen) atoms. The van der Waals surface area contributed by atoms with Crippen LogP contribution in [0.3, 0.4) is 0 Å². The number of nitrogens with zero attached hydrogens (tertiary/aromatic N) is 2. The Morgan fingerprint density at radius 1 is 0.500 bits per heavy atom. The molecule has 0 radical (unpaired) electrons. The van der Waals surface area contributed by atoms with Crippen LogP contribution in [0, 0.1) is 0 Å². The van der Waals surface area contributed by atoms with Gasteiger partial charge in [0.15, 0.2) is 0 Å². The SMILES string of the molecule is c1ccc(-c2cccc(-c3cccc4c3sc3ncc(-n5c6ccccc6c6ccccc65)cc34)c2)cc1. The van der Waals surface area contributed by atoms with Crippen LogP contribution in [0.1, 0.15) is 0 Å². The fourth-order valence-electron chi connectivity index (χ4n) is 5.72. The molecule has 0 fully saturated rings. The van der Waals surface area contributed by atoms with Crippen molar-refractivity contribution in [2.45, 2.75) is 0 Å². The van der Waals surface area contributed by atoms with E-state index in [1.807, 2.05) is 6.20 Å². The van der Waals surface area contributed by atoms with Gasteiger partial charge in [-0.3, -0.25) is 0 Å². The van der Waals surface area contributed by atoms with Crippen molar-refractivity contribution in [3.05, 3.63) is 134 Å². The van der Waals surface area contributed by atoms with Gasteiger partial charge in [-0.1, -0.05) is 103 Å². The zero-order valence-corrected chi connectivity index (χ0v) is 21.3. The average Bonchev–Trinajstić information content (AvgIpc) is 3.53. The van der Waals surface area contributed by atoms with Crippen molar-refractivity contribution in [1.82, 2.24) is 9.55 Å². The van der Waals surface area contributed by atoms with Crippen molar-refractivity contribution in [2.24, 2.45) is 0 Å². The highest BCUT2D eigenvalue weighted by Crippen LogP contribution is 2.41. The minimum absolute atomic E-state index is 1.07. The van der Waals surface area contributed by atoms with Gasteiger partial charge in [0.2, 0.25) is 0 Å². The third-order valence-electron chi connectivity index (χ3n) is 7.46. The summed E-state index contributed by atoms with van der Waals surface area (Å²) < 4.78 is 3.62. The second-order valence-corrected chi connectivity index (χ2v) is 10.6. The summed E-state index contributed by atoms with van der Waals surface area (Å²) in [5.41, 5.74) is 8.43. The fraction of sp³-hybridized carbons (Fsp3) is 0. The third-order valence-corrected chi connectivity index (χ3v) is 8.62. The molecule has 0 amide bonds. The molecule has 2 nitrogen and oxygen atoms in total. The molecule has 3 aromatic heterocycles. The quantitative estimate of drug-likeness (QED) is 0.235. The topological polar surface area (TPSA) is 17.8 Å². The Morgan fingerprint density at radius 3 is 1.92 bits per heavy atom. The van der Waals surface area contributed by atoms with Gasteiger partial charge in [-0.2, -0.15) is 0 Å². The van der Waals surface area contributed by atoms with Crippen molar-refractivity contribution in [1.29, 1.82) is 0 Å². The van der Waals surface area contributed by atoms with Gasteiger partial charge in [0.1, 0.15) is 4.83 Å². The molecular weight excluding hydrogens is 480 g/mol. The smallest absolute Gasteiger partial charge is 0.124 e. The van der Waals surface area contributed by atoms with Crippen LogP contribution >= 0.6 is 11.3 Å². The minimum atomic E-state index is 1.07. The predicted octanol–water partition coefficient (Wildman–Crippen LogP) is 9.88. The van der Waals surface area contributed by atoms with Gasteiger partial charge in [0.25, 0.3) is 0 Å². The molecule has 0 saturated carbocycles. The van der Waals surface area contributed by atoms with Gasteiger partial charge in [-0.25, -0.2) is 4.98 Å². The van der Waals surface area contributed by atoms with Gasteiger partial charge in [0.05, 0.1) is 22.9 Å². The summed E-state index contributed by atoms with van der Waals surface area (Å²) in [6, 6.07) is 45.6. The molecule has 0 bridgehead atoms. The standard InChI is InChI=1S/C35H22N2S/c1-2-10-23(11-3-1)24-12-8-13-25(20-24)27-16-9-17-30-31-21-26(22-36-35(31)38-34(27)30)37-32-18-6-4-14-28(32)29-15-5-7-19-33(29)37/h1-22H. The van der Waals surface area contributed by atoms with Gasteiger partial charge in [0, 0.05) is 26.2 Å². The van der Waals surface area contributed by atoms with E-state index < -0.39 is 0 Å². The predicted molar refractivity (Wildman–Crippen MR) is 162 cm³/mol. The van der Waals surface area contributed by atoms with E-state index in [0.717, 1.165) is 10.5 Å². The van der Waals surface area contributed by atoms with Crippen LogP contribution in [-0.4, -0.2) is 9.55 Å². The summed E-state index contributed by atoms with van der Waals surface area (Å²) >= 11 is 1.78. The average molecular weight is 503 g/mol. The van der Waals surface area contributed by atoms with E-state index in [1.165, 1.54) is 59.5 Å². The Morgan fingerprint density at radius 2 is 1.13 bits per heavy atom. The summed E-state index contributed by atoms with van der Waals surface area (Å²) in [4.78, 5) is 6.05. The normalized spacial score (nSPS) is 11.7. The summed E-state index contributed by atoms with van der Waals surface area (Å²) in [6.07, 6.45) is 2.02. The highest BCUT2D eigenvalue weighted by molar-refractivity contribution is 7.26.